The minimum Gasteiger partial charge on any atom is -0.389 e. The number of anilines is 1. The number of aliphatic hydroxyl groups excluding tert-OH is 1. The number of halogens is 4. The van der Waals surface area contributed by atoms with Gasteiger partial charge >= 0.3 is 6.18 Å². The molecule has 1 fully saturated rings. The van der Waals surface area contributed by atoms with E-state index in [0.717, 1.165) is 0 Å². The van der Waals surface area contributed by atoms with Crippen LogP contribution in [0.4, 0.5) is 23.2 Å². The minimum atomic E-state index is -4.24. The van der Waals surface area contributed by atoms with E-state index in [1.807, 2.05) is 0 Å². The van der Waals surface area contributed by atoms with Crippen molar-refractivity contribution in [3.63, 3.8) is 0 Å². The molecule has 2 rings (SSSR count). The molecule has 0 aliphatic carbocycles. The number of nitrogens with zero attached hydrogens (tertiary/aromatic N) is 1. The monoisotopic (exact) mass is 291 g/mol. The summed E-state index contributed by atoms with van der Waals surface area (Å²) >= 11 is 0. The SMILES string of the molecule is C[C@H](O)c1c(F)cccc1N1CCCC(C(F)(F)F)C1. The number of hydrogen-bond acceptors (Lipinski definition) is 2. The van der Waals surface area contributed by atoms with E-state index in [-0.39, 0.29) is 18.5 Å². The third-order valence-corrected chi connectivity index (χ3v) is 3.67. The first-order valence-electron chi connectivity index (χ1n) is 6.59. The van der Waals surface area contributed by atoms with Crippen LogP contribution in [0.25, 0.3) is 0 Å². The van der Waals surface area contributed by atoms with E-state index in [2.05, 4.69) is 0 Å². The van der Waals surface area contributed by atoms with Gasteiger partial charge < -0.3 is 10.0 Å². The van der Waals surface area contributed by atoms with E-state index in [0.29, 0.717) is 18.7 Å². The fourth-order valence-corrected chi connectivity index (χ4v) is 2.68. The van der Waals surface area contributed by atoms with Gasteiger partial charge in [0.2, 0.25) is 0 Å². The topological polar surface area (TPSA) is 23.5 Å². The van der Waals surface area contributed by atoms with Crippen LogP contribution in [0.15, 0.2) is 18.2 Å². The first kappa shape index (κ1) is 15.1. The summed E-state index contributed by atoms with van der Waals surface area (Å²) in [6, 6.07) is 4.22. The Kier molecular flexibility index (Phi) is 4.22. The molecule has 1 aliphatic rings. The van der Waals surface area contributed by atoms with Crippen molar-refractivity contribution < 1.29 is 22.7 Å². The zero-order valence-electron chi connectivity index (χ0n) is 11.1. The summed E-state index contributed by atoms with van der Waals surface area (Å²) in [5, 5.41) is 9.65. The molecule has 1 N–H and O–H groups in total. The van der Waals surface area contributed by atoms with Crippen LogP contribution in [0, 0.1) is 11.7 Å². The van der Waals surface area contributed by atoms with Crippen molar-refractivity contribution in [2.24, 2.45) is 5.92 Å². The van der Waals surface area contributed by atoms with Gasteiger partial charge in [-0.2, -0.15) is 13.2 Å². The molecule has 2 nitrogen and oxygen atoms in total. The largest absolute Gasteiger partial charge is 0.393 e. The van der Waals surface area contributed by atoms with Gasteiger partial charge in [0.25, 0.3) is 0 Å². The van der Waals surface area contributed by atoms with Gasteiger partial charge in [0.05, 0.1) is 12.0 Å². The van der Waals surface area contributed by atoms with Crippen LogP contribution in [0.5, 0.6) is 0 Å². The quantitative estimate of drug-likeness (QED) is 0.841. The maximum absolute atomic E-state index is 13.8. The Morgan fingerprint density at radius 1 is 1.35 bits per heavy atom. The van der Waals surface area contributed by atoms with Crippen molar-refractivity contribution in [3.05, 3.63) is 29.6 Å². The first-order valence-corrected chi connectivity index (χ1v) is 6.59. The molecule has 0 bridgehead atoms. The second-order valence-corrected chi connectivity index (χ2v) is 5.18. The first-order chi connectivity index (χ1) is 9.30. The van der Waals surface area contributed by atoms with E-state index in [1.165, 1.54) is 24.0 Å². The Balaban J connectivity index is 2.30. The van der Waals surface area contributed by atoms with Crippen LogP contribution in [0.3, 0.4) is 0 Å². The highest BCUT2D eigenvalue weighted by atomic mass is 19.4. The molecule has 20 heavy (non-hydrogen) atoms. The molecule has 1 unspecified atom stereocenters. The minimum absolute atomic E-state index is 0.0651. The van der Waals surface area contributed by atoms with Crippen LogP contribution in [-0.4, -0.2) is 24.4 Å². The molecular weight excluding hydrogens is 274 g/mol. The Labute approximate surface area is 115 Å². The van der Waals surface area contributed by atoms with E-state index >= 15 is 0 Å². The maximum Gasteiger partial charge on any atom is 0.393 e. The fourth-order valence-electron chi connectivity index (χ4n) is 2.68. The van der Waals surface area contributed by atoms with Crippen molar-refractivity contribution in [2.75, 3.05) is 18.0 Å². The van der Waals surface area contributed by atoms with Crippen LogP contribution in [-0.2, 0) is 0 Å². The molecule has 1 aromatic carbocycles. The average Bonchev–Trinajstić information content (AvgIpc) is 2.37. The van der Waals surface area contributed by atoms with Gasteiger partial charge in [-0.15, -0.1) is 0 Å². The van der Waals surface area contributed by atoms with Gasteiger partial charge in [0.15, 0.2) is 0 Å². The van der Waals surface area contributed by atoms with E-state index in [9.17, 15) is 22.7 Å². The lowest BCUT2D eigenvalue weighted by Gasteiger charge is -2.36. The molecular formula is C14H17F4NO. The molecule has 1 aliphatic heterocycles. The normalized spacial score (nSPS) is 21.9. The standard InChI is InChI=1S/C14H17F4NO/c1-9(20)13-11(15)5-2-6-12(13)19-7-3-4-10(8-19)14(16,17)18/h2,5-6,9-10,20H,3-4,7-8H2,1H3/t9-,10?/m0/s1. The van der Waals surface area contributed by atoms with Crippen LogP contribution < -0.4 is 4.90 Å². The molecule has 1 aromatic rings. The maximum atomic E-state index is 13.8. The Hall–Kier alpha value is -1.30. The van der Waals surface area contributed by atoms with Crippen LogP contribution >= 0.6 is 0 Å². The van der Waals surface area contributed by atoms with E-state index < -0.39 is 24.0 Å². The van der Waals surface area contributed by atoms with Crippen molar-refractivity contribution >= 4 is 5.69 Å². The van der Waals surface area contributed by atoms with Crippen molar-refractivity contribution in [2.45, 2.75) is 32.0 Å². The van der Waals surface area contributed by atoms with Gasteiger partial charge in [0.1, 0.15) is 5.82 Å². The number of rotatable bonds is 2. The van der Waals surface area contributed by atoms with E-state index in [1.54, 1.807) is 6.07 Å². The van der Waals surface area contributed by atoms with Gasteiger partial charge in [0, 0.05) is 24.3 Å². The molecule has 0 aromatic heterocycles. The highest BCUT2D eigenvalue weighted by Crippen LogP contribution is 2.37. The molecule has 6 heteroatoms. The molecule has 1 saturated heterocycles. The molecule has 0 spiro atoms. The Morgan fingerprint density at radius 3 is 2.65 bits per heavy atom. The Morgan fingerprint density at radius 2 is 2.05 bits per heavy atom. The average molecular weight is 291 g/mol. The van der Waals surface area contributed by atoms with Crippen LogP contribution in [0.1, 0.15) is 31.4 Å². The molecule has 112 valence electrons. The lowest BCUT2D eigenvalue weighted by molar-refractivity contribution is -0.176. The Bertz CT molecular complexity index is 473. The molecule has 1 heterocycles. The fraction of sp³-hybridized carbons (Fsp3) is 0.571. The summed E-state index contributed by atoms with van der Waals surface area (Å²) in [6.07, 6.45) is -4.80. The number of alkyl halides is 3. The van der Waals surface area contributed by atoms with E-state index in [4.69, 9.17) is 0 Å². The number of aliphatic hydroxyl groups is 1. The smallest absolute Gasteiger partial charge is 0.389 e. The lowest BCUT2D eigenvalue weighted by atomic mass is 9.95. The zero-order valence-corrected chi connectivity index (χ0v) is 11.1. The summed E-state index contributed by atoms with van der Waals surface area (Å²) in [5.74, 6) is -1.99. The lowest BCUT2D eigenvalue weighted by Crippen LogP contribution is -2.42. The van der Waals surface area contributed by atoms with Crippen molar-refractivity contribution in [1.82, 2.24) is 0 Å². The summed E-state index contributed by atoms with van der Waals surface area (Å²) in [4.78, 5) is 1.52. The third-order valence-electron chi connectivity index (χ3n) is 3.67. The van der Waals surface area contributed by atoms with Crippen LogP contribution in [0.2, 0.25) is 0 Å². The molecule has 0 amide bonds. The summed E-state index contributed by atoms with van der Waals surface area (Å²) in [5.41, 5.74) is 0.421. The summed E-state index contributed by atoms with van der Waals surface area (Å²) in [6.45, 7) is 1.66. The predicted octanol–water partition coefficient (Wildman–Crippen LogP) is 3.66. The number of hydrogen-bond donors (Lipinski definition) is 1. The zero-order chi connectivity index (χ0) is 14.9. The highest BCUT2D eigenvalue weighted by Gasteiger charge is 2.42. The second-order valence-electron chi connectivity index (χ2n) is 5.18. The van der Waals surface area contributed by atoms with Gasteiger partial charge in [-0.25, -0.2) is 4.39 Å². The third kappa shape index (κ3) is 3.06. The summed E-state index contributed by atoms with van der Waals surface area (Å²) in [7, 11) is 0. The predicted molar refractivity (Wildman–Crippen MR) is 68.0 cm³/mol. The van der Waals surface area contributed by atoms with Crippen molar-refractivity contribution in [1.29, 1.82) is 0 Å². The van der Waals surface area contributed by atoms with Gasteiger partial charge in [-0.3, -0.25) is 0 Å². The molecule has 0 radical (unpaired) electrons. The van der Waals surface area contributed by atoms with Crippen molar-refractivity contribution in [3.8, 4) is 0 Å². The summed E-state index contributed by atoms with van der Waals surface area (Å²) < 4.78 is 52.2. The van der Waals surface area contributed by atoms with Gasteiger partial charge in [-0.05, 0) is 31.9 Å². The molecule has 0 saturated carbocycles. The van der Waals surface area contributed by atoms with Gasteiger partial charge in [-0.1, -0.05) is 6.07 Å². The number of piperidine rings is 1. The second kappa shape index (κ2) is 5.60. The highest BCUT2D eigenvalue weighted by molar-refractivity contribution is 5.55. The number of benzene rings is 1. The molecule has 2 atom stereocenters.